The first kappa shape index (κ1) is 21.2. The maximum absolute atomic E-state index is 12.4. The van der Waals surface area contributed by atoms with Gasteiger partial charge in [0, 0.05) is 45.3 Å². The van der Waals surface area contributed by atoms with Crippen LogP contribution < -0.4 is 10.2 Å². The van der Waals surface area contributed by atoms with Gasteiger partial charge in [0.05, 0.1) is 6.54 Å². The second kappa shape index (κ2) is 9.32. The van der Waals surface area contributed by atoms with Gasteiger partial charge in [-0.15, -0.1) is 0 Å². The molecular weight excluding hydrogens is 390 g/mol. The molecule has 29 heavy (non-hydrogen) atoms. The largest absolute Gasteiger partial charge is 0.357 e. The summed E-state index contributed by atoms with van der Waals surface area (Å²) in [4.78, 5) is 22.8. The first-order valence-corrected chi connectivity index (χ1v) is 11.1. The lowest BCUT2D eigenvalue weighted by molar-refractivity contribution is -0.121. The standard InChI is InChI=1S/C20H27N5O3S/c1-16-7-10-25(11-8-16)19-6-5-17(12-22-19)13-23-20(26)15-24(2)29(27,28)18-4-3-9-21-14-18/h3-6,9,12,14,16H,7-8,10-11,13,15H2,1-2H3,(H,23,26). The van der Waals surface area contributed by atoms with E-state index < -0.39 is 10.0 Å². The van der Waals surface area contributed by atoms with Gasteiger partial charge in [-0.05, 0) is 42.5 Å². The molecule has 1 N–H and O–H groups in total. The van der Waals surface area contributed by atoms with Gasteiger partial charge in [-0.3, -0.25) is 9.78 Å². The van der Waals surface area contributed by atoms with Crippen LogP contribution in [0.1, 0.15) is 25.3 Å². The van der Waals surface area contributed by atoms with Crippen LogP contribution in [0.2, 0.25) is 0 Å². The van der Waals surface area contributed by atoms with Crippen LogP contribution in [0, 0.1) is 5.92 Å². The Morgan fingerprint density at radius 2 is 2.00 bits per heavy atom. The van der Waals surface area contributed by atoms with E-state index in [0.29, 0.717) is 6.54 Å². The van der Waals surface area contributed by atoms with Crippen LogP contribution in [0.4, 0.5) is 5.82 Å². The van der Waals surface area contributed by atoms with Gasteiger partial charge in [-0.2, -0.15) is 4.31 Å². The number of hydrogen-bond donors (Lipinski definition) is 1. The molecule has 0 bridgehead atoms. The lowest BCUT2D eigenvalue weighted by Gasteiger charge is -2.31. The topological polar surface area (TPSA) is 95.5 Å². The van der Waals surface area contributed by atoms with E-state index in [4.69, 9.17) is 0 Å². The van der Waals surface area contributed by atoms with E-state index in [1.165, 1.54) is 38.3 Å². The molecule has 1 fully saturated rings. The van der Waals surface area contributed by atoms with Crippen LogP contribution in [0.15, 0.2) is 47.8 Å². The zero-order chi connectivity index (χ0) is 20.9. The molecule has 3 rings (SSSR count). The number of sulfonamides is 1. The SMILES string of the molecule is CC1CCN(c2ccc(CNC(=O)CN(C)S(=O)(=O)c3cccnc3)cn2)CC1. The minimum atomic E-state index is -3.75. The second-order valence-electron chi connectivity index (χ2n) is 7.42. The summed E-state index contributed by atoms with van der Waals surface area (Å²) in [6.07, 6.45) is 6.87. The number of carbonyl (C=O) groups is 1. The number of anilines is 1. The Morgan fingerprint density at radius 1 is 1.24 bits per heavy atom. The van der Waals surface area contributed by atoms with Gasteiger partial charge in [-0.25, -0.2) is 13.4 Å². The minimum absolute atomic E-state index is 0.0576. The van der Waals surface area contributed by atoms with E-state index in [1.54, 1.807) is 12.3 Å². The summed E-state index contributed by atoms with van der Waals surface area (Å²) in [6.45, 7) is 4.33. The minimum Gasteiger partial charge on any atom is -0.357 e. The van der Waals surface area contributed by atoms with Crippen molar-refractivity contribution < 1.29 is 13.2 Å². The number of piperidine rings is 1. The van der Waals surface area contributed by atoms with E-state index >= 15 is 0 Å². The third kappa shape index (κ3) is 5.51. The summed E-state index contributed by atoms with van der Waals surface area (Å²) >= 11 is 0. The summed E-state index contributed by atoms with van der Waals surface area (Å²) in [5.74, 6) is 1.34. The van der Waals surface area contributed by atoms with Crippen LogP contribution in [0.5, 0.6) is 0 Å². The molecule has 1 aliphatic heterocycles. The number of nitrogens with zero attached hydrogens (tertiary/aromatic N) is 4. The van der Waals surface area contributed by atoms with Gasteiger partial charge in [-0.1, -0.05) is 13.0 Å². The first-order valence-electron chi connectivity index (χ1n) is 9.69. The zero-order valence-corrected chi connectivity index (χ0v) is 17.6. The van der Waals surface area contributed by atoms with Crippen molar-refractivity contribution in [1.29, 1.82) is 0 Å². The Balaban J connectivity index is 1.50. The Kier molecular flexibility index (Phi) is 6.81. The fraction of sp³-hybridized carbons (Fsp3) is 0.450. The quantitative estimate of drug-likeness (QED) is 0.736. The maximum atomic E-state index is 12.4. The van der Waals surface area contributed by atoms with Gasteiger partial charge in [0.25, 0.3) is 0 Å². The van der Waals surface area contributed by atoms with Crippen molar-refractivity contribution in [3.05, 3.63) is 48.4 Å². The summed E-state index contributed by atoms with van der Waals surface area (Å²) in [5.41, 5.74) is 0.866. The molecular formula is C20H27N5O3S. The third-order valence-corrected chi connectivity index (χ3v) is 6.90. The molecule has 0 saturated carbocycles. The van der Waals surface area contributed by atoms with Crippen LogP contribution in [-0.4, -0.2) is 55.3 Å². The van der Waals surface area contributed by atoms with Crippen LogP contribution in [0.3, 0.4) is 0 Å². The summed E-state index contributed by atoms with van der Waals surface area (Å²) in [7, 11) is -2.37. The smallest absolute Gasteiger partial charge is 0.244 e. The summed E-state index contributed by atoms with van der Waals surface area (Å²) < 4.78 is 25.9. The number of likely N-dealkylation sites (N-methyl/N-ethyl adjacent to an activating group) is 1. The molecule has 8 nitrogen and oxygen atoms in total. The van der Waals surface area contributed by atoms with E-state index in [0.717, 1.165) is 34.7 Å². The van der Waals surface area contributed by atoms with Gasteiger partial charge in [0.2, 0.25) is 15.9 Å². The van der Waals surface area contributed by atoms with Crippen molar-refractivity contribution in [3.63, 3.8) is 0 Å². The summed E-state index contributed by atoms with van der Waals surface area (Å²) in [5, 5.41) is 2.74. The highest BCUT2D eigenvalue weighted by atomic mass is 32.2. The molecule has 0 aromatic carbocycles. The van der Waals surface area contributed by atoms with Crippen molar-refractivity contribution in [3.8, 4) is 0 Å². The lowest BCUT2D eigenvalue weighted by Crippen LogP contribution is -2.38. The number of rotatable bonds is 7. The number of amides is 1. The molecule has 2 aromatic rings. The van der Waals surface area contributed by atoms with Gasteiger partial charge < -0.3 is 10.2 Å². The molecule has 3 heterocycles. The Bertz CT molecular complexity index is 911. The van der Waals surface area contributed by atoms with Crippen molar-refractivity contribution in [2.45, 2.75) is 31.2 Å². The van der Waals surface area contributed by atoms with Crippen molar-refractivity contribution in [1.82, 2.24) is 19.6 Å². The van der Waals surface area contributed by atoms with E-state index in [-0.39, 0.29) is 17.3 Å². The Labute approximate surface area is 172 Å². The van der Waals surface area contributed by atoms with E-state index in [1.807, 2.05) is 12.1 Å². The van der Waals surface area contributed by atoms with Crippen molar-refractivity contribution >= 4 is 21.7 Å². The zero-order valence-electron chi connectivity index (χ0n) is 16.8. The van der Waals surface area contributed by atoms with Crippen LogP contribution in [-0.2, 0) is 21.4 Å². The molecule has 0 spiro atoms. The number of pyridine rings is 2. The lowest BCUT2D eigenvalue weighted by atomic mass is 9.99. The number of nitrogens with one attached hydrogen (secondary N) is 1. The molecule has 156 valence electrons. The molecule has 0 radical (unpaired) electrons. The highest BCUT2D eigenvalue weighted by Crippen LogP contribution is 2.21. The Hall–Kier alpha value is -2.52. The fourth-order valence-corrected chi connectivity index (χ4v) is 4.26. The van der Waals surface area contributed by atoms with Crippen LogP contribution in [0.25, 0.3) is 0 Å². The van der Waals surface area contributed by atoms with E-state index in [2.05, 4.69) is 27.1 Å². The van der Waals surface area contributed by atoms with Crippen molar-refractivity contribution in [2.75, 3.05) is 31.6 Å². The Morgan fingerprint density at radius 3 is 2.62 bits per heavy atom. The predicted octanol–water partition coefficient (Wildman–Crippen LogP) is 1.65. The number of aromatic nitrogens is 2. The predicted molar refractivity (Wildman–Crippen MR) is 111 cm³/mol. The molecule has 9 heteroatoms. The average Bonchev–Trinajstić information content (AvgIpc) is 2.74. The third-order valence-electron chi connectivity index (χ3n) is 5.12. The highest BCUT2D eigenvalue weighted by molar-refractivity contribution is 7.89. The summed E-state index contributed by atoms with van der Waals surface area (Å²) in [6, 6.07) is 6.90. The van der Waals surface area contributed by atoms with Gasteiger partial charge in [0.1, 0.15) is 10.7 Å². The molecule has 0 aliphatic carbocycles. The fourth-order valence-electron chi connectivity index (χ4n) is 3.17. The maximum Gasteiger partial charge on any atom is 0.244 e. The van der Waals surface area contributed by atoms with E-state index in [9.17, 15) is 13.2 Å². The monoisotopic (exact) mass is 417 g/mol. The molecule has 1 saturated heterocycles. The molecule has 2 aromatic heterocycles. The average molecular weight is 418 g/mol. The molecule has 1 aliphatic rings. The normalized spacial score (nSPS) is 15.5. The van der Waals surface area contributed by atoms with Gasteiger partial charge in [0.15, 0.2) is 0 Å². The first-order chi connectivity index (χ1) is 13.9. The van der Waals surface area contributed by atoms with Crippen molar-refractivity contribution in [2.24, 2.45) is 5.92 Å². The number of hydrogen-bond acceptors (Lipinski definition) is 6. The molecule has 0 atom stereocenters. The number of carbonyl (C=O) groups excluding carboxylic acids is 1. The molecule has 0 unspecified atom stereocenters. The highest BCUT2D eigenvalue weighted by Gasteiger charge is 2.23. The second-order valence-corrected chi connectivity index (χ2v) is 9.47. The van der Waals surface area contributed by atoms with Gasteiger partial charge >= 0.3 is 0 Å². The molecule has 1 amide bonds. The van der Waals surface area contributed by atoms with Crippen LogP contribution >= 0.6 is 0 Å².